The van der Waals surface area contributed by atoms with Crippen LogP contribution >= 0.6 is 0 Å². The Bertz CT molecular complexity index is 1430. The molecule has 2 aromatic heterocycles. The van der Waals surface area contributed by atoms with Crippen molar-refractivity contribution in [3.63, 3.8) is 0 Å². The molecule has 0 atom stereocenters. The molecule has 0 fully saturated rings. The van der Waals surface area contributed by atoms with Gasteiger partial charge in [0.15, 0.2) is 5.82 Å². The summed E-state index contributed by atoms with van der Waals surface area (Å²) in [6.45, 7) is 9.05. The van der Waals surface area contributed by atoms with Crippen LogP contribution in [0.15, 0.2) is 67.0 Å². The van der Waals surface area contributed by atoms with Gasteiger partial charge in [-0.15, -0.1) is 0 Å². The lowest BCUT2D eigenvalue weighted by molar-refractivity contribution is -0.120. The first-order valence-electron chi connectivity index (χ1n) is 13.2. The molecule has 0 aliphatic heterocycles. The fraction of sp³-hybridized carbons (Fsp3) is 0.344. The second-order valence-corrected chi connectivity index (χ2v) is 10.9. The number of ether oxygens (including phenoxy) is 2. The number of carbonyl (C=O) groups excluding carboxylic acids is 1. The van der Waals surface area contributed by atoms with E-state index in [4.69, 9.17) is 14.6 Å². The van der Waals surface area contributed by atoms with Gasteiger partial charge in [0.25, 0.3) is 0 Å². The number of fused-ring (bicyclic) bond motifs is 1. The van der Waals surface area contributed by atoms with Crippen LogP contribution in [0.3, 0.4) is 0 Å². The van der Waals surface area contributed by atoms with Crippen molar-refractivity contribution >= 4 is 22.6 Å². The predicted octanol–water partition coefficient (Wildman–Crippen LogP) is 6.34. The number of rotatable bonds is 10. The number of aliphatic hydroxyl groups excluding tert-OH is 1. The fourth-order valence-corrected chi connectivity index (χ4v) is 4.43. The number of aliphatic hydroxyl groups is 1. The molecule has 0 unspecified atom stereocenters. The number of anilines is 1. The molecule has 0 saturated carbocycles. The molecule has 39 heavy (non-hydrogen) atoms. The topological polar surface area (TPSA) is 84.8 Å². The number of aromatic nitrogens is 2. The van der Waals surface area contributed by atoms with E-state index in [0.29, 0.717) is 43.1 Å². The molecule has 7 heteroatoms. The summed E-state index contributed by atoms with van der Waals surface area (Å²) in [5, 5.41) is 9.86. The van der Waals surface area contributed by atoms with E-state index in [1.165, 1.54) is 0 Å². The van der Waals surface area contributed by atoms with Gasteiger partial charge in [-0.25, -0.2) is 9.97 Å². The Morgan fingerprint density at radius 1 is 1.00 bits per heavy atom. The van der Waals surface area contributed by atoms with Gasteiger partial charge in [0.1, 0.15) is 17.0 Å². The number of methoxy groups -OCH3 is 1. The second-order valence-electron chi connectivity index (χ2n) is 10.9. The summed E-state index contributed by atoms with van der Waals surface area (Å²) in [5.74, 6) is 1.99. The maximum atomic E-state index is 13.6. The molecule has 0 saturated heterocycles. The van der Waals surface area contributed by atoms with Crippen molar-refractivity contribution in [2.45, 2.75) is 47.1 Å². The first kappa shape index (κ1) is 28.0. The molecule has 0 bridgehead atoms. The van der Waals surface area contributed by atoms with Crippen LogP contribution in [0.4, 0.5) is 5.82 Å². The molecule has 2 aromatic carbocycles. The van der Waals surface area contributed by atoms with Crippen LogP contribution in [0.5, 0.6) is 11.5 Å². The van der Waals surface area contributed by atoms with Crippen molar-refractivity contribution in [3.05, 3.63) is 78.1 Å². The number of nitrogens with zero attached hydrogens (tertiary/aromatic N) is 3. The molecule has 0 aliphatic rings. The fourth-order valence-electron chi connectivity index (χ4n) is 4.43. The van der Waals surface area contributed by atoms with E-state index in [1.54, 1.807) is 24.4 Å². The van der Waals surface area contributed by atoms with Crippen LogP contribution in [0.2, 0.25) is 0 Å². The third kappa shape index (κ3) is 7.12. The molecule has 0 spiro atoms. The largest absolute Gasteiger partial charge is 0.496 e. The molecule has 4 rings (SSSR count). The molecule has 4 aromatic rings. The van der Waals surface area contributed by atoms with Gasteiger partial charge in [0.2, 0.25) is 5.91 Å². The standard InChI is InChI=1S/C32H37N3O4/c1-22-17-25(11-12-28(22)38-5)24-9-7-23(8-10-24)21-35(29(37)19-32(2,3)4)31-30-26(13-14-33-31)18-27(20-34-30)39-16-6-15-36/h7-14,17-18,20,36H,6,15-16,19,21H2,1-5H3. The maximum Gasteiger partial charge on any atom is 0.229 e. The average Bonchev–Trinajstić information content (AvgIpc) is 2.91. The molecule has 204 valence electrons. The Hall–Kier alpha value is -3.97. The molecular formula is C32H37N3O4. The number of carbonyl (C=O) groups is 1. The van der Waals surface area contributed by atoms with E-state index < -0.39 is 0 Å². The highest BCUT2D eigenvalue weighted by molar-refractivity contribution is 6.00. The zero-order valence-electron chi connectivity index (χ0n) is 23.4. The van der Waals surface area contributed by atoms with Gasteiger partial charge in [0.05, 0.1) is 26.5 Å². The van der Waals surface area contributed by atoms with E-state index in [2.05, 4.69) is 61.1 Å². The SMILES string of the molecule is COc1ccc(-c2ccc(CN(C(=O)CC(C)(C)C)c3nccc4cc(OCCCO)cnc34)cc2)cc1C. The summed E-state index contributed by atoms with van der Waals surface area (Å²) in [4.78, 5) is 24.6. The van der Waals surface area contributed by atoms with E-state index >= 15 is 0 Å². The van der Waals surface area contributed by atoms with Crippen LogP contribution < -0.4 is 14.4 Å². The Labute approximate surface area is 230 Å². The number of benzene rings is 2. The minimum absolute atomic E-state index is 0.0116. The number of aryl methyl sites for hydroxylation is 1. The van der Waals surface area contributed by atoms with Gasteiger partial charge in [-0.3, -0.25) is 9.69 Å². The highest BCUT2D eigenvalue weighted by Crippen LogP contribution is 2.31. The number of pyridine rings is 2. The maximum absolute atomic E-state index is 13.6. The quantitative estimate of drug-likeness (QED) is 0.242. The molecule has 0 radical (unpaired) electrons. The Kier molecular flexibility index (Phi) is 8.82. The summed E-state index contributed by atoms with van der Waals surface area (Å²) in [6, 6.07) is 18.2. The van der Waals surface area contributed by atoms with E-state index in [1.807, 2.05) is 31.2 Å². The van der Waals surface area contributed by atoms with E-state index in [9.17, 15) is 4.79 Å². The van der Waals surface area contributed by atoms with Gasteiger partial charge in [-0.2, -0.15) is 0 Å². The van der Waals surface area contributed by atoms with Crippen LogP contribution in [0, 0.1) is 12.3 Å². The Balaban J connectivity index is 1.65. The monoisotopic (exact) mass is 527 g/mol. The molecule has 0 aliphatic carbocycles. The van der Waals surface area contributed by atoms with Gasteiger partial charge >= 0.3 is 0 Å². The van der Waals surface area contributed by atoms with Crippen molar-refractivity contribution in [3.8, 4) is 22.6 Å². The summed E-state index contributed by atoms with van der Waals surface area (Å²) in [5.41, 5.74) is 4.73. The van der Waals surface area contributed by atoms with Crippen LogP contribution in [-0.4, -0.2) is 41.3 Å². The minimum atomic E-state index is -0.183. The van der Waals surface area contributed by atoms with Gasteiger partial charge < -0.3 is 14.6 Å². The van der Waals surface area contributed by atoms with Crippen molar-refractivity contribution < 1.29 is 19.4 Å². The van der Waals surface area contributed by atoms with Crippen LogP contribution in [0.1, 0.15) is 44.7 Å². The predicted molar refractivity (Wildman–Crippen MR) is 155 cm³/mol. The van der Waals surface area contributed by atoms with E-state index in [-0.39, 0.29) is 17.9 Å². The summed E-state index contributed by atoms with van der Waals surface area (Å²) >= 11 is 0. The number of hydrogen-bond acceptors (Lipinski definition) is 6. The number of hydrogen-bond donors (Lipinski definition) is 1. The van der Waals surface area contributed by atoms with E-state index in [0.717, 1.165) is 33.4 Å². The zero-order chi connectivity index (χ0) is 28.0. The Morgan fingerprint density at radius 3 is 2.41 bits per heavy atom. The van der Waals surface area contributed by atoms with Crippen LogP contribution in [-0.2, 0) is 11.3 Å². The van der Waals surface area contributed by atoms with Crippen molar-refractivity contribution in [2.24, 2.45) is 5.41 Å². The first-order valence-corrected chi connectivity index (χ1v) is 13.2. The highest BCUT2D eigenvalue weighted by atomic mass is 16.5. The molecular weight excluding hydrogens is 490 g/mol. The molecule has 1 N–H and O–H groups in total. The van der Waals surface area contributed by atoms with Gasteiger partial charge in [-0.1, -0.05) is 51.1 Å². The minimum Gasteiger partial charge on any atom is -0.496 e. The van der Waals surface area contributed by atoms with Crippen molar-refractivity contribution in [2.75, 3.05) is 25.2 Å². The first-order chi connectivity index (χ1) is 18.7. The van der Waals surface area contributed by atoms with Gasteiger partial charge in [-0.05, 0) is 58.9 Å². The summed E-state index contributed by atoms with van der Waals surface area (Å²) < 4.78 is 11.1. The summed E-state index contributed by atoms with van der Waals surface area (Å²) in [7, 11) is 1.68. The van der Waals surface area contributed by atoms with Crippen molar-refractivity contribution in [1.29, 1.82) is 0 Å². The normalized spacial score (nSPS) is 11.4. The number of amides is 1. The lowest BCUT2D eigenvalue weighted by atomic mass is 9.91. The smallest absolute Gasteiger partial charge is 0.229 e. The lowest BCUT2D eigenvalue weighted by Gasteiger charge is -2.27. The third-order valence-corrected chi connectivity index (χ3v) is 6.39. The van der Waals surface area contributed by atoms with Crippen LogP contribution in [0.25, 0.3) is 22.0 Å². The second kappa shape index (κ2) is 12.3. The highest BCUT2D eigenvalue weighted by Gasteiger charge is 2.25. The van der Waals surface area contributed by atoms with Crippen molar-refractivity contribution in [1.82, 2.24) is 9.97 Å². The lowest BCUT2D eigenvalue weighted by Crippen LogP contribution is -2.34. The van der Waals surface area contributed by atoms with Gasteiger partial charge in [0, 0.05) is 31.0 Å². The average molecular weight is 528 g/mol. The Morgan fingerprint density at radius 2 is 1.74 bits per heavy atom. The summed E-state index contributed by atoms with van der Waals surface area (Å²) in [6.07, 6.45) is 4.26. The third-order valence-electron chi connectivity index (χ3n) is 6.39. The zero-order valence-corrected chi connectivity index (χ0v) is 23.4. The molecule has 7 nitrogen and oxygen atoms in total. The molecule has 2 heterocycles. The molecule has 1 amide bonds.